The first-order chi connectivity index (χ1) is 9.81. The number of hydrogen-bond donors (Lipinski definition) is 1. The van der Waals surface area contributed by atoms with E-state index in [1.165, 1.54) is 0 Å². The maximum Gasteiger partial charge on any atom is 0.411 e. The molecule has 1 aromatic heterocycles. The summed E-state index contributed by atoms with van der Waals surface area (Å²) in [5, 5.41) is 0. The van der Waals surface area contributed by atoms with E-state index in [9.17, 15) is 13.2 Å². The molecule has 1 heterocycles. The van der Waals surface area contributed by atoms with Crippen LogP contribution in [0.3, 0.4) is 0 Å². The summed E-state index contributed by atoms with van der Waals surface area (Å²) < 4.78 is 45.7. The standard InChI is InChI=1S/C14H21F3N2O2/c1-3-11(18)8-12-13(5-4-10(2)19-12)21-7-6-20-9-14(15,16)17/h4-5,11H,3,6-9,18H2,1-2H3. The van der Waals surface area contributed by atoms with Gasteiger partial charge in [0.25, 0.3) is 0 Å². The third-order valence-corrected chi connectivity index (χ3v) is 2.80. The molecule has 0 aliphatic rings. The van der Waals surface area contributed by atoms with Crippen LogP contribution in [0.5, 0.6) is 5.75 Å². The highest BCUT2D eigenvalue weighted by Gasteiger charge is 2.27. The second-order valence-electron chi connectivity index (χ2n) is 4.79. The zero-order valence-electron chi connectivity index (χ0n) is 12.2. The predicted octanol–water partition coefficient (Wildman–Crippen LogP) is 2.63. The number of nitrogens with zero attached hydrogens (tertiary/aromatic N) is 1. The fourth-order valence-electron chi connectivity index (χ4n) is 1.67. The number of alkyl halides is 3. The monoisotopic (exact) mass is 306 g/mol. The highest BCUT2D eigenvalue weighted by Crippen LogP contribution is 2.19. The molecule has 0 amide bonds. The summed E-state index contributed by atoms with van der Waals surface area (Å²) in [6.07, 6.45) is -2.94. The highest BCUT2D eigenvalue weighted by molar-refractivity contribution is 5.30. The van der Waals surface area contributed by atoms with E-state index in [2.05, 4.69) is 9.72 Å². The van der Waals surface area contributed by atoms with Crippen LogP contribution in [0.1, 0.15) is 24.7 Å². The zero-order valence-corrected chi connectivity index (χ0v) is 12.2. The Balaban J connectivity index is 2.50. The smallest absolute Gasteiger partial charge is 0.411 e. The molecule has 1 unspecified atom stereocenters. The molecule has 0 saturated heterocycles. The normalized spacial score (nSPS) is 13.2. The molecular weight excluding hydrogens is 285 g/mol. The molecule has 2 N–H and O–H groups in total. The Morgan fingerprint density at radius 2 is 2.00 bits per heavy atom. The van der Waals surface area contributed by atoms with Gasteiger partial charge in [0.1, 0.15) is 19.0 Å². The minimum atomic E-state index is -4.32. The molecule has 0 fully saturated rings. The Labute approximate surface area is 122 Å². The third-order valence-electron chi connectivity index (χ3n) is 2.80. The molecule has 0 radical (unpaired) electrons. The molecule has 1 rings (SSSR count). The molecule has 1 aromatic rings. The van der Waals surface area contributed by atoms with E-state index in [0.717, 1.165) is 17.8 Å². The van der Waals surface area contributed by atoms with Gasteiger partial charge in [0.05, 0.1) is 12.3 Å². The number of pyridine rings is 1. The van der Waals surface area contributed by atoms with E-state index in [4.69, 9.17) is 10.5 Å². The summed E-state index contributed by atoms with van der Waals surface area (Å²) >= 11 is 0. The van der Waals surface area contributed by atoms with Crippen molar-refractivity contribution < 1.29 is 22.6 Å². The van der Waals surface area contributed by atoms with Crippen LogP contribution in [0.4, 0.5) is 13.2 Å². The fraction of sp³-hybridized carbons (Fsp3) is 0.643. The lowest BCUT2D eigenvalue weighted by Crippen LogP contribution is -2.23. The van der Waals surface area contributed by atoms with Crippen molar-refractivity contribution in [1.82, 2.24) is 4.98 Å². The van der Waals surface area contributed by atoms with Crippen molar-refractivity contribution in [2.45, 2.75) is 38.9 Å². The molecule has 0 bridgehead atoms. The van der Waals surface area contributed by atoms with Gasteiger partial charge >= 0.3 is 6.18 Å². The van der Waals surface area contributed by atoms with Gasteiger partial charge in [-0.25, -0.2) is 0 Å². The van der Waals surface area contributed by atoms with Gasteiger partial charge in [0.15, 0.2) is 0 Å². The summed E-state index contributed by atoms with van der Waals surface area (Å²) in [5.41, 5.74) is 7.47. The van der Waals surface area contributed by atoms with Crippen LogP contribution in [-0.4, -0.2) is 37.0 Å². The third kappa shape index (κ3) is 7.29. The lowest BCUT2D eigenvalue weighted by atomic mass is 10.1. The predicted molar refractivity (Wildman–Crippen MR) is 73.3 cm³/mol. The summed E-state index contributed by atoms with van der Waals surface area (Å²) in [7, 11) is 0. The number of nitrogens with two attached hydrogens (primary N) is 1. The fourth-order valence-corrected chi connectivity index (χ4v) is 1.67. The summed E-state index contributed by atoms with van der Waals surface area (Å²) in [4.78, 5) is 4.37. The van der Waals surface area contributed by atoms with Crippen molar-refractivity contribution in [3.63, 3.8) is 0 Å². The molecule has 0 aromatic carbocycles. The summed E-state index contributed by atoms with van der Waals surface area (Å²) in [5.74, 6) is 0.542. The van der Waals surface area contributed by atoms with Gasteiger partial charge in [-0.2, -0.15) is 13.2 Å². The Bertz CT molecular complexity index is 439. The molecule has 1 atom stereocenters. The SMILES string of the molecule is CCC(N)Cc1nc(C)ccc1OCCOCC(F)(F)F. The van der Waals surface area contributed by atoms with E-state index in [1.807, 2.05) is 13.8 Å². The minimum absolute atomic E-state index is 0.0249. The van der Waals surface area contributed by atoms with Gasteiger partial charge in [-0.05, 0) is 25.5 Å². The van der Waals surface area contributed by atoms with Crippen LogP contribution < -0.4 is 10.5 Å². The van der Waals surface area contributed by atoms with Crippen molar-refractivity contribution >= 4 is 0 Å². The number of ether oxygens (including phenoxy) is 2. The maximum atomic E-state index is 11.9. The van der Waals surface area contributed by atoms with Crippen LogP contribution in [0.2, 0.25) is 0 Å². The van der Waals surface area contributed by atoms with E-state index in [1.54, 1.807) is 12.1 Å². The molecule has 0 spiro atoms. The first-order valence-electron chi connectivity index (χ1n) is 6.81. The summed E-state index contributed by atoms with van der Waals surface area (Å²) in [6, 6.07) is 3.51. The first-order valence-corrected chi connectivity index (χ1v) is 6.81. The van der Waals surface area contributed by atoms with Crippen LogP contribution in [0.15, 0.2) is 12.1 Å². The van der Waals surface area contributed by atoms with Crippen molar-refractivity contribution in [3.8, 4) is 5.75 Å². The van der Waals surface area contributed by atoms with Crippen molar-refractivity contribution in [2.24, 2.45) is 5.73 Å². The molecule has 4 nitrogen and oxygen atoms in total. The lowest BCUT2D eigenvalue weighted by Gasteiger charge is -2.14. The second kappa shape index (κ2) is 8.19. The molecular formula is C14H21F3N2O2. The van der Waals surface area contributed by atoms with Gasteiger partial charge in [0.2, 0.25) is 0 Å². The minimum Gasteiger partial charge on any atom is -0.489 e. The quantitative estimate of drug-likeness (QED) is 0.750. The second-order valence-corrected chi connectivity index (χ2v) is 4.79. The van der Waals surface area contributed by atoms with Crippen LogP contribution in [0.25, 0.3) is 0 Å². The Morgan fingerprint density at radius 3 is 2.62 bits per heavy atom. The molecule has 0 saturated carbocycles. The number of halogens is 3. The van der Waals surface area contributed by atoms with Crippen molar-refractivity contribution in [3.05, 3.63) is 23.5 Å². The average molecular weight is 306 g/mol. The molecule has 7 heteroatoms. The van der Waals surface area contributed by atoms with E-state index in [-0.39, 0.29) is 19.3 Å². The molecule has 0 aliphatic heterocycles. The van der Waals surface area contributed by atoms with Crippen molar-refractivity contribution in [1.29, 1.82) is 0 Å². The van der Waals surface area contributed by atoms with Gasteiger partial charge in [-0.1, -0.05) is 6.92 Å². The number of aromatic nitrogens is 1. The Kier molecular flexibility index (Phi) is 6.91. The van der Waals surface area contributed by atoms with E-state index < -0.39 is 12.8 Å². The van der Waals surface area contributed by atoms with E-state index >= 15 is 0 Å². The largest absolute Gasteiger partial charge is 0.489 e. The van der Waals surface area contributed by atoms with Crippen LogP contribution in [0, 0.1) is 6.92 Å². The summed E-state index contributed by atoms with van der Waals surface area (Å²) in [6.45, 7) is 2.47. The van der Waals surface area contributed by atoms with Crippen LogP contribution in [-0.2, 0) is 11.2 Å². The molecule has 0 aliphatic carbocycles. The van der Waals surface area contributed by atoms with Crippen molar-refractivity contribution in [2.75, 3.05) is 19.8 Å². The molecule has 120 valence electrons. The number of aryl methyl sites for hydroxylation is 1. The number of rotatable bonds is 8. The highest BCUT2D eigenvalue weighted by atomic mass is 19.4. The maximum absolute atomic E-state index is 11.9. The van der Waals surface area contributed by atoms with Crippen LogP contribution >= 0.6 is 0 Å². The Morgan fingerprint density at radius 1 is 1.29 bits per heavy atom. The van der Waals surface area contributed by atoms with Gasteiger partial charge in [0, 0.05) is 18.2 Å². The Hall–Kier alpha value is -1.34. The van der Waals surface area contributed by atoms with Gasteiger partial charge in [-0.15, -0.1) is 0 Å². The lowest BCUT2D eigenvalue weighted by molar-refractivity contribution is -0.175. The first kappa shape index (κ1) is 17.7. The van der Waals surface area contributed by atoms with E-state index in [0.29, 0.717) is 12.2 Å². The van der Waals surface area contributed by atoms with Gasteiger partial charge in [-0.3, -0.25) is 4.98 Å². The topological polar surface area (TPSA) is 57.4 Å². The molecule has 21 heavy (non-hydrogen) atoms. The zero-order chi connectivity index (χ0) is 15.9. The average Bonchev–Trinajstić information content (AvgIpc) is 2.39. The van der Waals surface area contributed by atoms with Gasteiger partial charge < -0.3 is 15.2 Å². The number of hydrogen-bond acceptors (Lipinski definition) is 4.